The molecule has 0 radical (unpaired) electrons. The molecule has 2 amide bonds. The van der Waals surface area contributed by atoms with Crippen LogP contribution in [0.5, 0.6) is 0 Å². The zero-order valence-corrected chi connectivity index (χ0v) is 19.2. The Labute approximate surface area is 193 Å². The van der Waals surface area contributed by atoms with Crippen LogP contribution in [0.1, 0.15) is 36.8 Å². The summed E-state index contributed by atoms with van der Waals surface area (Å²) in [6.45, 7) is 2.16. The Morgan fingerprint density at radius 2 is 1.55 bits per heavy atom. The van der Waals surface area contributed by atoms with Gasteiger partial charge < -0.3 is 25.4 Å². The molecule has 33 heavy (non-hydrogen) atoms. The van der Waals surface area contributed by atoms with Gasteiger partial charge in [-0.2, -0.15) is 0 Å². The maximum Gasteiger partial charge on any atom is 0.407 e. The second kappa shape index (κ2) is 11.0. The lowest BCUT2D eigenvalue weighted by molar-refractivity contribution is -0.142. The highest BCUT2D eigenvalue weighted by molar-refractivity contribution is 5.89. The highest BCUT2D eigenvalue weighted by Crippen LogP contribution is 2.44. The fourth-order valence-electron chi connectivity index (χ4n) is 4.16. The summed E-state index contributed by atoms with van der Waals surface area (Å²) in [6.07, 6.45) is 0.294. The van der Waals surface area contributed by atoms with E-state index in [-0.39, 0.29) is 19.1 Å². The van der Waals surface area contributed by atoms with E-state index in [1.54, 1.807) is 19.0 Å². The summed E-state index contributed by atoms with van der Waals surface area (Å²) in [4.78, 5) is 38.4. The van der Waals surface area contributed by atoms with E-state index in [4.69, 9.17) is 4.74 Å². The first-order chi connectivity index (χ1) is 15.8. The molecule has 8 nitrogen and oxygen atoms in total. The number of rotatable bonds is 10. The number of ether oxygens (including phenoxy) is 1. The van der Waals surface area contributed by atoms with E-state index in [0.717, 1.165) is 22.3 Å². The molecular formula is C25H31N3O5. The average Bonchev–Trinajstić information content (AvgIpc) is 3.10. The lowest BCUT2D eigenvalue weighted by Gasteiger charge is -2.23. The van der Waals surface area contributed by atoms with Crippen LogP contribution in [-0.4, -0.2) is 67.3 Å². The Balaban J connectivity index is 1.64. The molecule has 0 saturated heterocycles. The van der Waals surface area contributed by atoms with Crippen molar-refractivity contribution in [2.75, 3.05) is 27.2 Å². The van der Waals surface area contributed by atoms with Crippen molar-refractivity contribution < 1.29 is 24.2 Å². The number of fused-ring (bicyclic) bond motifs is 3. The third kappa shape index (κ3) is 5.90. The van der Waals surface area contributed by atoms with E-state index >= 15 is 0 Å². The molecular weight excluding hydrogens is 422 g/mol. The van der Waals surface area contributed by atoms with Crippen molar-refractivity contribution in [1.82, 2.24) is 15.5 Å². The SMILES string of the molecule is CCC[C@H](NC(=O)OCC1c2ccccc2-c2ccccc21)C(=O)NC(CN(C)C)C(=O)O. The van der Waals surface area contributed by atoms with Crippen LogP contribution in [0.2, 0.25) is 0 Å². The van der Waals surface area contributed by atoms with Gasteiger partial charge in [-0.1, -0.05) is 61.9 Å². The van der Waals surface area contributed by atoms with Gasteiger partial charge in [0.05, 0.1) is 0 Å². The summed E-state index contributed by atoms with van der Waals surface area (Å²) in [6, 6.07) is 14.1. The Morgan fingerprint density at radius 3 is 2.06 bits per heavy atom. The molecule has 0 aliphatic heterocycles. The minimum Gasteiger partial charge on any atom is -0.480 e. The molecule has 1 unspecified atom stereocenters. The first-order valence-electron chi connectivity index (χ1n) is 11.1. The lowest BCUT2D eigenvalue weighted by atomic mass is 9.98. The first-order valence-corrected chi connectivity index (χ1v) is 11.1. The predicted molar refractivity (Wildman–Crippen MR) is 125 cm³/mol. The van der Waals surface area contributed by atoms with Crippen LogP contribution in [0.25, 0.3) is 11.1 Å². The molecule has 0 aromatic heterocycles. The number of carbonyl (C=O) groups excluding carboxylic acids is 2. The van der Waals surface area contributed by atoms with Gasteiger partial charge in [0.25, 0.3) is 0 Å². The molecule has 1 aliphatic rings. The van der Waals surface area contributed by atoms with Crippen LogP contribution in [-0.2, 0) is 14.3 Å². The zero-order valence-electron chi connectivity index (χ0n) is 19.2. The molecule has 2 aromatic rings. The van der Waals surface area contributed by atoms with Gasteiger partial charge in [0.2, 0.25) is 5.91 Å². The Hall–Kier alpha value is -3.39. The summed E-state index contributed by atoms with van der Waals surface area (Å²) in [5.41, 5.74) is 4.46. The average molecular weight is 454 g/mol. The fraction of sp³-hybridized carbons (Fsp3) is 0.400. The minimum atomic E-state index is -1.13. The van der Waals surface area contributed by atoms with Crippen LogP contribution in [0.4, 0.5) is 4.79 Å². The molecule has 0 heterocycles. The molecule has 0 bridgehead atoms. The van der Waals surface area contributed by atoms with Crippen molar-refractivity contribution in [3.05, 3.63) is 59.7 Å². The minimum absolute atomic E-state index is 0.0851. The standard InChI is InChI=1S/C25H31N3O5/c1-4-9-21(23(29)26-22(24(30)31)14-28(2)3)27-25(32)33-15-20-18-12-7-5-10-16(18)17-11-6-8-13-19(17)20/h5-8,10-13,20-22H,4,9,14-15H2,1-3H3,(H,26,29)(H,27,32)(H,30,31)/t21-,22?/m0/s1. The number of hydrogen-bond acceptors (Lipinski definition) is 5. The number of nitrogens with one attached hydrogen (secondary N) is 2. The zero-order chi connectivity index (χ0) is 24.0. The summed E-state index contributed by atoms with van der Waals surface area (Å²) < 4.78 is 5.53. The van der Waals surface area contributed by atoms with Crippen LogP contribution in [0.3, 0.4) is 0 Å². The number of likely N-dealkylation sites (N-methyl/N-ethyl adjacent to an activating group) is 1. The molecule has 3 rings (SSSR count). The molecule has 176 valence electrons. The third-order valence-electron chi connectivity index (χ3n) is 5.69. The normalized spacial score (nSPS) is 14.2. The van der Waals surface area contributed by atoms with Gasteiger partial charge in [-0.15, -0.1) is 0 Å². The topological polar surface area (TPSA) is 108 Å². The number of amides is 2. The van der Waals surface area contributed by atoms with E-state index in [9.17, 15) is 19.5 Å². The molecule has 0 fully saturated rings. The second-order valence-electron chi connectivity index (χ2n) is 8.47. The van der Waals surface area contributed by atoms with Crippen molar-refractivity contribution in [2.24, 2.45) is 0 Å². The summed E-state index contributed by atoms with van der Waals surface area (Å²) in [7, 11) is 3.45. The maximum atomic E-state index is 12.7. The van der Waals surface area contributed by atoms with Crippen LogP contribution in [0.15, 0.2) is 48.5 Å². The van der Waals surface area contributed by atoms with Gasteiger partial charge >= 0.3 is 12.1 Å². The molecule has 8 heteroatoms. The second-order valence-corrected chi connectivity index (χ2v) is 8.47. The molecule has 0 saturated carbocycles. The maximum absolute atomic E-state index is 12.7. The smallest absolute Gasteiger partial charge is 0.407 e. The molecule has 3 N–H and O–H groups in total. The number of carboxylic acids is 1. The number of hydrogen-bond donors (Lipinski definition) is 3. The number of carboxylic acid groups (broad SMARTS) is 1. The van der Waals surface area contributed by atoms with Gasteiger partial charge in [-0.3, -0.25) is 4.79 Å². The number of aliphatic carboxylic acids is 1. The van der Waals surface area contributed by atoms with Crippen molar-refractivity contribution in [3.8, 4) is 11.1 Å². The van der Waals surface area contributed by atoms with E-state index in [1.807, 2.05) is 43.3 Å². The number of nitrogens with zero attached hydrogens (tertiary/aromatic N) is 1. The number of benzene rings is 2. The highest BCUT2D eigenvalue weighted by Gasteiger charge is 2.30. The Bertz CT molecular complexity index is 962. The van der Waals surface area contributed by atoms with Crippen LogP contribution >= 0.6 is 0 Å². The van der Waals surface area contributed by atoms with Gasteiger partial charge in [-0.05, 0) is 42.8 Å². The monoisotopic (exact) mass is 453 g/mol. The predicted octanol–water partition coefficient (Wildman–Crippen LogP) is 2.82. The lowest BCUT2D eigenvalue weighted by Crippen LogP contribution is -2.54. The van der Waals surface area contributed by atoms with Crippen molar-refractivity contribution in [2.45, 2.75) is 37.8 Å². The quantitative estimate of drug-likeness (QED) is 0.511. The first kappa shape index (κ1) is 24.3. The van der Waals surface area contributed by atoms with Crippen molar-refractivity contribution in [1.29, 1.82) is 0 Å². The summed E-state index contributed by atoms with van der Waals surface area (Å²) >= 11 is 0. The largest absolute Gasteiger partial charge is 0.480 e. The summed E-state index contributed by atoms with van der Waals surface area (Å²) in [5, 5.41) is 14.5. The van der Waals surface area contributed by atoms with Gasteiger partial charge in [0.1, 0.15) is 18.7 Å². The molecule has 2 aromatic carbocycles. The van der Waals surface area contributed by atoms with E-state index < -0.39 is 30.1 Å². The molecule has 0 spiro atoms. The van der Waals surface area contributed by atoms with Crippen molar-refractivity contribution >= 4 is 18.0 Å². The summed E-state index contributed by atoms with van der Waals surface area (Å²) in [5.74, 6) is -1.76. The van der Waals surface area contributed by atoms with E-state index in [0.29, 0.717) is 12.8 Å². The van der Waals surface area contributed by atoms with Gasteiger partial charge in [-0.25, -0.2) is 9.59 Å². The fourth-order valence-corrected chi connectivity index (χ4v) is 4.16. The van der Waals surface area contributed by atoms with E-state index in [1.165, 1.54) is 0 Å². The molecule has 2 atom stereocenters. The Kier molecular flexibility index (Phi) is 8.06. The molecule has 1 aliphatic carbocycles. The van der Waals surface area contributed by atoms with Crippen molar-refractivity contribution in [3.63, 3.8) is 0 Å². The number of alkyl carbamates (subject to hydrolysis) is 1. The van der Waals surface area contributed by atoms with E-state index in [2.05, 4.69) is 22.8 Å². The third-order valence-corrected chi connectivity index (χ3v) is 5.69. The van der Waals surface area contributed by atoms with Crippen LogP contribution < -0.4 is 10.6 Å². The Morgan fingerprint density at radius 1 is 0.970 bits per heavy atom. The van der Waals surface area contributed by atoms with Gasteiger partial charge in [0.15, 0.2) is 0 Å². The van der Waals surface area contributed by atoms with Gasteiger partial charge in [0, 0.05) is 12.5 Å². The highest BCUT2D eigenvalue weighted by atomic mass is 16.5. The van der Waals surface area contributed by atoms with Crippen LogP contribution in [0, 0.1) is 0 Å². The number of carbonyl (C=O) groups is 3.